The molecule has 2 aromatic heterocycles. The van der Waals surface area contributed by atoms with Gasteiger partial charge in [0.15, 0.2) is 5.82 Å². The van der Waals surface area contributed by atoms with Crippen LogP contribution in [0, 0.1) is 11.7 Å². The number of rotatable bonds is 5. The first kappa shape index (κ1) is 18.8. The number of anilines is 1. The molecule has 2 heterocycles. The molecule has 2 atom stereocenters. The smallest absolute Gasteiger partial charge is 0.306 e. The van der Waals surface area contributed by atoms with Crippen LogP contribution >= 0.6 is 0 Å². The second kappa shape index (κ2) is 7.83. The number of nitrogens with one attached hydrogen (secondary N) is 2. The van der Waals surface area contributed by atoms with Crippen LogP contribution in [0.25, 0.3) is 22.4 Å². The highest BCUT2D eigenvalue weighted by Crippen LogP contribution is 2.29. The molecular weight excluding hydrogens is 375 g/mol. The minimum absolute atomic E-state index is 0.0661. The molecule has 3 N–H and O–H groups in total. The number of nitrogens with zero attached hydrogens (tertiary/aromatic N) is 2. The molecule has 1 saturated carbocycles. The van der Waals surface area contributed by atoms with E-state index in [4.69, 9.17) is 5.11 Å². The standard InChI is InChI=1S/C21H19FN4O3/c22-17-11-24-21(25-15-7-6-14(10-15)20(28)29)26-18(17)13-4-1-3-12(9-13)16-5-2-8-23-19(16)27/h1-5,8-9,11,14-15H,6-7,10H2,(H,23,27)(H,28,29)(H,24,25,26)/t14-,15+/m1/s1. The molecule has 1 aliphatic rings. The Morgan fingerprint density at radius 1 is 1.21 bits per heavy atom. The molecule has 0 unspecified atom stereocenters. The Balaban J connectivity index is 1.62. The summed E-state index contributed by atoms with van der Waals surface area (Å²) >= 11 is 0. The summed E-state index contributed by atoms with van der Waals surface area (Å²) in [4.78, 5) is 34.1. The number of halogens is 1. The van der Waals surface area contributed by atoms with Crippen molar-refractivity contribution in [1.82, 2.24) is 15.0 Å². The molecule has 3 aromatic rings. The number of H-pyrrole nitrogens is 1. The fourth-order valence-electron chi connectivity index (χ4n) is 3.64. The van der Waals surface area contributed by atoms with E-state index in [1.165, 1.54) is 0 Å². The highest BCUT2D eigenvalue weighted by atomic mass is 19.1. The number of carbonyl (C=O) groups is 1. The van der Waals surface area contributed by atoms with Crippen molar-refractivity contribution < 1.29 is 14.3 Å². The molecule has 0 bridgehead atoms. The Morgan fingerprint density at radius 3 is 2.79 bits per heavy atom. The van der Waals surface area contributed by atoms with Crippen molar-refractivity contribution in [3.05, 3.63) is 65.0 Å². The second-order valence-corrected chi connectivity index (χ2v) is 7.07. The minimum Gasteiger partial charge on any atom is -0.481 e. The van der Waals surface area contributed by atoms with Gasteiger partial charge in [0.25, 0.3) is 5.56 Å². The molecule has 0 amide bonds. The van der Waals surface area contributed by atoms with Gasteiger partial charge in [0.2, 0.25) is 5.95 Å². The number of aliphatic carboxylic acids is 1. The van der Waals surface area contributed by atoms with Gasteiger partial charge in [0, 0.05) is 23.4 Å². The maximum absolute atomic E-state index is 14.5. The highest BCUT2D eigenvalue weighted by Gasteiger charge is 2.30. The SMILES string of the molecule is O=C(O)[C@@H]1CC[C@H](Nc2ncc(F)c(-c3cccc(-c4ccc[nH]c4=O)c3)n2)C1. The number of hydrogen-bond donors (Lipinski definition) is 3. The lowest BCUT2D eigenvalue weighted by molar-refractivity contribution is -0.141. The molecule has 4 rings (SSSR count). The number of aromatic amines is 1. The highest BCUT2D eigenvalue weighted by molar-refractivity contribution is 5.72. The van der Waals surface area contributed by atoms with E-state index in [1.807, 2.05) is 0 Å². The van der Waals surface area contributed by atoms with Gasteiger partial charge in [0.05, 0.1) is 12.1 Å². The lowest BCUT2D eigenvalue weighted by Crippen LogP contribution is -2.19. The van der Waals surface area contributed by atoms with Crippen LogP contribution in [0.3, 0.4) is 0 Å². The Morgan fingerprint density at radius 2 is 2.03 bits per heavy atom. The van der Waals surface area contributed by atoms with Crippen LogP contribution in [0.1, 0.15) is 19.3 Å². The Kier molecular flexibility index (Phi) is 5.07. The van der Waals surface area contributed by atoms with Crippen molar-refractivity contribution in [3.63, 3.8) is 0 Å². The number of hydrogen-bond acceptors (Lipinski definition) is 5. The molecule has 0 radical (unpaired) electrons. The first-order valence-electron chi connectivity index (χ1n) is 9.31. The van der Waals surface area contributed by atoms with Crippen molar-refractivity contribution in [2.24, 2.45) is 5.92 Å². The molecule has 1 fully saturated rings. The summed E-state index contributed by atoms with van der Waals surface area (Å²) in [5, 5.41) is 12.2. The predicted molar refractivity (Wildman–Crippen MR) is 106 cm³/mol. The molecule has 0 aliphatic heterocycles. The van der Waals surface area contributed by atoms with E-state index in [9.17, 15) is 14.0 Å². The molecule has 1 aliphatic carbocycles. The number of carboxylic acid groups (broad SMARTS) is 1. The average Bonchev–Trinajstić information content (AvgIpc) is 3.19. The largest absolute Gasteiger partial charge is 0.481 e. The lowest BCUT2D eigenvalue weighted by atomic mass is 10.0. The summed E-state index contributed by atoms with van der Waals surface area (Å²) in [5.74, 6) is -1.51. The van der Waals surface area contributed by atoms with Gasteiger partial charge in [-0.05, 0) is 43.0 Å². The van der Waals surface area contributed by atoms with Crippen LogP contribution in [-0.4, -0.2) is 32.1 Å². The van der Waals surface area contributed by atoms with E-state index >= 15 is 0 Å². The van der Waals surface area contributed by atoms with E-state index < -0.39 is 11.8 Å². The average molecular weight is 394 g/mol. The Labute approximate surface area is 165 Å². The number of aromatic nitrogens is 3. The van der Waals surface area contributed by atoms with E-state index in [2.05, 4.69) is 20.3 Å². The molecule has 148 valence electrons. The van der Waals surface area contributed by atoms with Gasteiger partial charge >= 0.3 is 5.97 Å². The fourth-order valence-corrected chi connectivity index (χ4v) is 3.64. The molecular formula is C21H19FN4O3. The van der Waals surface area contributed by atoms with Crippen LogP contribution in [0.4, 0.5) is 10.3 Å². The molecule has 1 aromatic carbocycles. The van der Waals surface area contributed by atoms with Crippen LogP contribution < -0.4 is 10.9 Å². The van der Waals surface area contributed by atoms with Crippen molar-refractivity contribution in [3.8, 4) is 22.4 Å². The predicted octanol–water partition coefficient (Wildman–Crippen LogP) is 3.30. The van der Waals surface area contributed by atoms with Gasteiger partial charge in [-0.2, -0.15) is 0 Å². The number of pyridine rings is 1. The quantitative estimate of drug-likeness (QED) is 0.613. The Hall–Kier alpha value is -3.55. The zero-order valence-corrected chi connectivity index (χ0v) is 15.4. The van der Waals surface area contributed by atoms with E-state index in [-0.39, 0.29) is 29.2 Å². The maximum atomic E-state index is 14.5. The summed E-state index contributed by atoms with van der Waals surface area (Å²) in [6.07, 6.45) is 4.41. The van der Waals surface area contributed by atoms with Crippen molar-refractivity contribution in [1.29, 1.82) is 0 Å². The number of carboxylic acids is 1. The first-order chi connectivity index (χ1) is 14.0. The topological polar surface area (TPSA) is 108 Å². The normalized spacial score (nSPS) is 18.5. The third kappa shape index (κ3) is 4.01. The van der Waals surface area contributed by atoms with Gasteiger partial charge in [0.1, 0.15) is 5.69 Å². The summed E-state index contributed by atoms with van der Waals surface area (Å²) in [6.45, 7) is 0. The van der Waals surface area contributed by atoms with Gasteiger partial charge in [-0.25, -0.2) is 14.4 Å². The van der Waals surface area contributed by atoms with Crippen molar-refractivity contribution >= 4 is 11.9 Å². The maximum Gasteiger partial charge on any atom is 0.306 e. The van der Waals surface area contributed by atoms with Gasteiger partial charge < -0.3 is 15.4 Å². The summed E-state index contributed by atoms with van der Waals surface area (Å²) in [7, 11) is 0. The monoisotopic (exact) mass is 394 g/mol. The number of benzene rings is 1. The molecule has 0 spiro atoms. The van der Waals surface area contributed by atoms with Crippen LogP contribution in [-0.2, 0) is 4.79 Å². The third-order valence-electron chi connectivity index (χ3n) is 5.12. The fraction of sp³-hybridized carbons (Fsp3) is 0.238. The summed E-state index contributed by atoms with van der Waals surface area (Å²) < 4.78 is 14.5. The zero-order chi connectivity index (χ0) is 20.4. The van der Waals surface area contributed by atoms with E-state index in [1.54, 1.807) is 42.6 Å². The lowest BCUT2D eigenvalue weighted by Gasteiger charge is -2.13. The molecule has 0 saturated heterocycles. The summed E-state index contributed by atoms with van der Waals surface area (Å²) in [6, 6.07) is 10.3. The summed E-state index contributed by atoms with van der Waals surface area (Å²) in [5.41, 5.74) is 1.53. The molecule has 7 nitrogen and oxygen atoms in total. The van der Waals surface area contributed by atoms with E-state index in [0.29, 0.717) is 36.0 Å². The van der Waals surface area contributed by atoms with Crippen molar-refractivity contribution in [2.45, 2.75) is 25.3 Å². The second-order valence-electron chi connectivity index (χ2n) is 7.07. The minimum atomic E-state index is -0.803. The van der Waals surface area contributed by atoms with Crippen molar-refractivity contribution in [2.75, 3.05) is 5.32 Å². The van der Waals surface area contributed by atoms with Gasteiger partial charge in [-0.1, -0.05) is 18.2 Å². The molecule has 8 heteroatoms. The van der Waals surface area contributed by atoms with Gasteiger partial charge in [-0.15, -0.1) is 0 Å². The van der Waals surface area contributed by atoms with Crippen LogP contribution in [0.2, 0.25) is 0 Å². The first-order valence-corrected chi connectivity index (χ1v) is 9.31. The third-order valence-corrected chi connectivity index (χ3v) is 5.12. The van der Waals surface area contributed by atoms with E-state index in [0.717, 1.165) is 6.20 Å². The molecule has 29 heavy (non-hydrogen) atoms. The Bertz CT molecular complexity index is 1110. The zero-order valence-electron chi connectivity index (χ0n) is 15.4. The van der Waals surface area contributed by atoms with Crippen LogP contribution in [0.5, 0.6) is 0 Å². The van der Waals surface area contributed by atoms with Gasteiger partial charge in [-0.3, -0.25) is 9.59 Å². The van der Waals surface area contributed by atoms with Crippen LogP contribution in [0.15, 0.2) is 53.6 Å².